The number of nitrogens with zero attached hydrogens (tertiary/aromatic N) is 4. The lowest BCUT2D eigenvalue weighted by Crippen LogP contribution is -2.09. The van der Waals surface area contributed by atoms with Crippen LogP contribution in [0.1, 0.15) is 0 Å². The molecule has 0 aliphatic carbocycles. The zero-order valence-corrected chi connectivity index (χ0v) is 31.1. The first-order valence-corrected chi connectivity index (χ1v) is 19.4. The number of pyridine rings is 1. The summed E-state index contributed by atoms with van der Waals surface area (Å²) in [5.74, 6) is 0. The minimum Gasteiger partial charge on any atom is -0.311 e. The Kier molecular flexibility index (Phi) is 7.78. The van der Waals surface area contributed by atoms with Crippen LogP contribution in [0.15, 0.2) is 219 Å². The third-order valence-electron chi connectivity index (χ3n) is 11.1. The molecule has 0 spiro atoms. The summed E-state index contributed by atoms with van der Waals surface area (Å²) in [7, 11) is 0. The summed E-state index contributed by atoms with van der Waals surface area (Å²) in [4.78, 5) is 7.26. The predicted molar refractivity (Wildman–Crippen MR) is 238 cm³/mol. The molecule has 0 N–H and O–H groups in total. The number of rotatable bonds is 7. The first kappa shape index (κ1) is 32.7. The van der Waals surface area contributed by atoms with Gasteiger partial charge in [-0.05, 0) is 113 Å². The van der Waals surface area contributed by atoms with Crippen molar-refractivity contribution in [1.82, 2.24) is 14.1 Å². The van der Waals surface area contributed by atoms with Gasteiger partial charge in [-0.25, -0.2) is 0 Å². The lowest BCUT2D eigenvalue weighted by Gasteiger charge is -2.25. The average Bonchev–Trinajstić information content (AvgIpc) is 3.81. The van der Waals surface area contributed by atoms with E-state index in [9.17, 15) is 0 Å². The summed E-state index contributed by atoms with van der Waals surface area (Å²) in [6, 6.07) is 76.0. The molecule has 0 saturated heterocycles. The molecule has 4 heteroatoms. The van der Waals surface area contributed by atoms with E-state index >= 15 is 0 Å². The average molecular weight is 729 g/mol. The van der Waals surface area contributed by atoms with Crippen LogP contribution in [0.2, 0.25) is 0 Å². The maximum atomic E-state index is 4.96. The van der Waals surface area contributed by atoms with Crippen LogP contribution >= 0.6 is 0 Å². The number of anilines is 3. The van der Waals surface area contributed by atoms with Crippen molar-refractivity contribution < 1.29 is 0 Å². The van der Waals surface area contributed by atoms with Crippen LogP contribution in [-0.2, 0) is 0 Å². The summed E-state index contributed by atoms with van der Waals surface area (Å²) in [5, 5.41) is 3.61. The standard InChI is InChI=1S/C53H36N4/c1-4-16-40(17-5-1)55(41-18-6-2-7-19-41)43-31-28-37(29-32-43)38-15-12-22-44(35-38)57-48-25-11-10-23-46(48)47-33-30-39(36-51(47)57)45-24-13-26-49-52(45)53-50(27-14-34-54-53)56(49)42-20-8-3-9-21-42/h1-36H. The molecule has 268 valence electrons. The molecule has 0 saturated carbocycles. The van der Waals surface area contributed by atoms with Crippen LogP contribution in [-0.4, -0.2) is 14.1 Å². The van der Waals surface area contributed by atoms with E-state index in [1.807, 2.05) is 12.3 Å². The van der Waals surface area contributed by atoms with Gasteiger partial charge in [-0.1, -0.05) is 121 Å². The van der Waals surface area contributed by atoms with Gasteiger partial charge in [0, 0.05) is 50.8 Å². The van der Waals surface area contributed by atoms with Crippen LogP contribution in [0.25, 0.3) is 77.4 Å². The highest BCUT2D eigenvalue weighted by atomic mass is 15.1. The van der Waals surface area contributed by atoms with Crippen molar-refractivity contribution in [3.8, 4) is 33.6 Å². The molecule has 3 aromatic heterocycles. The molecule has 3 heterocycles. The highest BCUT2D eigenvalue weighted by Crippen LogP contribution is 2.41. The second-order valence-electron chi connectivity index (χ2n) is 14.4. The Hall–Kier alpha value is -7.69. The Balaban J connectivity index is 1.04. The number of fused-ring (bicyclic) bond motifs is 6. The largest absolute Gasteiger partial charge is 0.311 e. The molecule has 0 unspecified atom stereocenters. The van der Waals surface area contributed by atoms with Gasteiger partial charge in [0.05, 0.1) is 27.6 Å². The molecule has 0 aliphatic rings. The first-order chi connectivity index (χ1) is 28.3. The van der Waals surface area contributed by atoms with Crippen LogP contribution in [0.4, 0.5) is 17.1 Å². The van der Waals surface area contributed by atoms with Gasteiger partial charge in [0.2, 0.25) is 0 Å². The van der Waals surface area contributed by atoms with Gasteiger partial charge >= 0.3 is 0 Å². The number of aromatic nitrogens is 3. The highest BCUT2D eigenvalue weighted by Gasteiger charge is 2.19. The van der Waals surface area contributed by atoms with Crippen molar-refractivity contribution >= 4 is 60.8 Å². The topological polar surface area (TPSA) is 26.0 Å². The second kappa shape index (κ2) is 13.6. The lowest BCUT2D eigenvalue weighted by molar-refractivity contribution is 1.17. The number of hydrogen-bond acceptors (Lipinski definition) is 2. The van der Waals surface area contributed by atoms with Crippen LogP contribution < -0.4 is 4.90 Å². The molecule has 57 heavy (non-hydrogen) atoms. The molecular weight excluding hydrogens is 693 g/mol. The summed E-state index contributed by atoms with van der Waals surface area (Å²) in [6.07, 6.45) is 1.90. The lowest BCUT2D eigenvalue weighted by atomic mass is 9.99. The Labute approximate surface area is 330 Å². The fraction of sp³-hybridized carbons (Fsp3) is 0. The SMILES string of the molecule is c1ccc(N(c2ccccc2)c2ccc(-c3cccc(-n4c5ccccc5c5ccc(-c6cccc7c6c6ncccc6n7-c6ccccc6)cc54)c3)cc2)cc1. The van der Waals surface area contributed by atoms with Gasteiger partial charge in [-0.15, -0.1) is 0 Å². The van der Waals surface area contributed by atoms with Gasteiger partial charge in [-0.3, -0.25) is 4.98 Å². The van der Waals surface area contributed by atoms with Crippen molar-refractivity contribution in [2.45, 2.75) is 0 Å². The second-order valence-corrected chi connectivity index (χ2v) is 14.4. The Bertz CT molecular complexity index is 3180. The fourth-order valence-corrected chi connectivity index (χ4v) is 8.62. The van der Waals surface area contributed by atoms with Crippen molar-refractivity contribution in [1.29, 1.82) is 0 Å². The molecule has 0 bridgehead atoms. The fourth-order valence-electron chi connectivity index (χ4n) is 8.62. The third-order valence-corrected chi connectivity index (χ3v) is 11.1. The molecule has 0 radical (unpaired) electrons. The van der Waals surface area contributed by atoms with Gasteiger partial charge in [0.25, 0.3) is 0 Å². The predicted octanol–water partition coefficient (Wildman–Crippen LogP) is 14.1. The van der Waals surface area contributed by atoms with Crippen LogP contribution in [0.5, 0.6) is 0 Å². The zero-order chi connectivity index (χ0) is 37.7. The van der Waals surface area contributed by atoms with Crippen molar-refractivity contribution in [3.05, 3.63) is 219 Å². The van der Waals surface area contributed by atoms with Crippen molar-refractivity contribution in [3.63, 3.8) is 0 Å². The molecule has 0 amide bonds. The Morgan fingerprint density at radius 1 is 0.351 bits per heavy atom. The summed E-state index contributed by atoms with van der Waals surface area (Å²) in [6.45, 7) is 0. The van der Waals surface area contributed by atoms with Crippen LogP contribution in [0.3, 0.4) is 0 Å². The quantitative estimate of drug-likeness (QED) is 0.163. The summed E-state index contributed by atoms with van der Waals surface area (Å²) >= 11 is 0. The summed E-state index contributed by atoms with van der Waals surface area (Å²) in [5.41, 5.74) is 15.8. The molecule has 11 rings (SSSR count). The van der Waals surface area contributed by atoms with Crippen molar-refractivity contribution in [2.24, 2.45) is 0 Å². The number of hydrogen-bond donors (Lipinski definition) is 0. The third kappa shape index (κ3) is 5.50. The van der Waals surface area contributed by atoms with E-state index in [0.29, 0.717) is 0 Å². The number of para-hydroxylation sites is 4. The van der Waals surface area contributed by atoms with Gasteiger partial charge in [-0.2, -0.15) is 0 Å². The molecule has 8 aromatic carbocycles. The molecule has 4 nitrogen and oxygen atoms in total. The monoisotopic (exact) mass is 728 g/mol. The first-order valence-electron chi connectivity index (χ1n) is 19.4. The Morgan fingerprint density at radius 2 is 0.930 bits per heavy atom. The van der Waals surface area contributed by atoms with E-state index in [1.54, 1.807) is 0 Å². The van der Waals surface area contributed by atoms with Gasteiger partial charge < -0.3 is 14.0 Å². The van der Waals surface area contributed by atoms with E-state index in [2.05, 4.69) is 220 Å². The number of benzene rings is 8. The highest BCUT2D eigenvalue weighted by molar-refractivity contribution is 6.16. The van der Waals surface area contributed by atoms with Gasteiger partial charge in [0.1, 0.15) is 0 Å². The van der Waals surface area contributed by atoms with E-state index in [1.165, 1.54) is 27.4 Å². The minimum absolute atomic E-state index is 1.00. The molecule has 0 aliphatic heterocycles. The smallest absolute Gasteiger partial charge is 0.0969 e. The van der Waals surface area contributed by atoms with E-state index < -0.39 is 0 Å². The maximum absolute atomic E-state index is 4.96. The molecular formula is C53H36N4. The summed E-state index contributed by atoms with van der Waals surface area (Å²) < 4.78 is 4.75. The normalized spacial score (nSPS) is 11.5. The molecule has 0 fully saturated rings. The zero-order valence-electron chi connectivity index (χ0n) is 31.1. The van der Waals surface area contributed by atoms with E-state index in [-0.39, 0.29) is 0 Å². The van der Waals surface area contributed by atoms with E-state index in [0.717, 1.165) is 67.1 Å². The minimum atomic E-state index is 1.00. The van der Waals surface area contributed by atoms with E-state index in [4.69, 9.17) is 4.98 Å². The van der Waals surface area contributed by atoms with Crippen LogP contribution in [0, 0.1) is 0 Å². The molecule has 11 aromatic rings. The van der Waals surface area contributed by atoms with Gasteiger partial charge in [0.15, 0.2) is 0 Å². The van der Waals surface area contributed by atoms with Crippen molar-refractivity contribution in [2.75, 3.05) is 4.90 Å². The molecule has 0 atom stereocenters. The maximum Gasteiger partial charge on any atom is 0.0969 e. The Morgan fingerprint density at radius 3 is 1.70 bits per heavy atom.